The Hall–Kier alpha value is -4.67. The van der Waals surface area contributed by atoms with E-state index in [2.05, 4.69) is 57.4 Å². The number of nitrogens with two attached hydrogens (primary N) is 1. The number of pyridine rings is 1. The molecule has 0 radical (unpaired) electrons. The number of carbonyl (C=O) groups excluding carboxylic acids is 3. The first-order chi connectivity index (χ1) is 26.6. The summed E-state index contributed by atoms with van der Waals surface area (Å²) in [5, 5.41) is 16.3. The van der Waals surface area contributed by atoms with E-state index in [9.17, 15) is 24.3 Å². The number of H-pyrrole nitrogens is 1. The maximum Gasteiger partial charge on any atom is 0.326 e. The van der Waals surface area contributed by atoms with Crippen molar-refractivity contribution < 1.29 is 19.5 Å². The van der Waals surface area contributed by atoms with Gasteiger partial charge in [-0.15, -0.1) is 0 Å². The Labute approximate surface area is 336 Å². The van der Waals surface area contributed by atoms with Crippen LogP contribution in [0.5, 0.6) is 5.75 Å². The number of benzene rings is 2. The van der Waals surface area contributed by atoms with E-state index in [0.29, 0.717) is 92.4 Å². The second-order valence-corrected chi connectivity index (χ2v) is 15.7. The number of hydrogen-bond acceptors (Lipinski definition) is 8. The highest BCUT2D eigenvalue weighted by Gasteiger charge is 2.33. The molecule has 2 fully saturated rings. The highest BCUT2D eigenvalue weighted by Crippen LogP contribution is 2.34. The van der Waals surface area contributed by atoms with Crippen LogP contribution in [0.2, 0.25) is 0 Å². The molecule has 6 N–H and O–H groups in total. The Balaban J connectivity index is 1.14. The minimum absolute atomic E-state index is 0.0173. The van der Waals surface area contributed by atoms with Crippen molar-refractivity contribution in [3.63, 3.8) is 0 Å². The predicted octanol–water partition coefficient (Wildman–Crippen LogP) is 4.39. The van der Waals surface area contributed by atoms with Gasteiger partial charge in [0.05, 0.1) is 14.6 Å². The lowest BCUT2D eigenvalue weighted by Gasteiger charge is -2.38. The predicted molar refractivity (Wildman–Crippen MR) is 218 cm³/mol. The molecule has 4 amide bonds. The number of imidazole rings is 1. The lowest BCUT2D eigenvalue weighted by atomic mass is 10.0. The van der Waals surface area contributed by atoms with Gasteiger partial charge in [0.1, 0.15) is 17.8 Å². The third-order valence-electron chi connectivity index (χ3n) is 10.3. The van der Waals surface area contributed by atoms with Gasteiger partial charge in [0.2, 0.25) is 11.8 Å². The van der Waals surface area contributed by atoms with Crippen LogP contribution < -0.4 is 27.0 Å². The Morgan fingerprint density at radius 2 is 1.56 bits per heavy atom. The highest BCUT2D eigenvalue weighted by atomic mass is 79.9. The smallest absolute Gasteiger partial charge is 0.326 e. The van der Waals surface area contributed by atoms with Crippen molar-refractivity contribution in [2.45, 2.75) is 56.7 Å². The number of rotatable bonds is 13. The number of urea groups is 1. The lowest BCUT2D eigenvalue weighted by molar-refractivity contribution is -0.137. The normalized spacial score (nSPS) is 16.1. The fourth-order valence-electron chi connectivity index (χ4n) is 7.20. The summed E-state index contributed by atoms with van der Waals surface area (Å²) in [5.74, 6) is -0.640. The quantitative estimate of drug-likeness (QED) is 0.123. The van der Waals surface area contributed by atoms with Crippen molar-refractivity contribution >= 4 is 55.4 Å². The Morgan fingerprint density at radius 3 is 2.22 bits per heavy atom. The number of anilines is 1. The third-order valence-corrected chi connectivity index (χ3v) is 11.5. The van der Waals surface area contributed by atoms with Gasteiger partial charge in [0.25, 0.3) is 0 Å². The Bertz CT molecular complexity index is 1960. The molecule has 6 rings (SSSR count). The zero-order valence-corrected chi connectivity index (χ0v) is 33.7. The number of carbonyl (C=O) groups is 3. The van der Waals surface area contributed by atoms with Gasteiger partial charge in [0, 0.05) is 76.0 Å². The van der Waals surface area contributed by atoms with Crippen LogP contribution in [0.1, 0.15) is 43.7 Å². The zero-order chi connectivity index (χ0) is 38.9. The van der Waals surface area contributed by atoms with Crippen LogP contribution in [0.4, 0.5) is 10.5 Å². The molecule has 2 aromatic heterocycles. The van der Waals surface area contributed by atoms with Gasteiger partial charge in [-0.1, -0.05) is 30.3 Å². The summed E-state index contributed by atoms with van der Waals surface area (Å²) in [6.45, 7) is 3.51. The molecule has 14 nitrogen and oxygen atoms in total. The number of phenolic OH excluding ortho intramolecular Hbond substituents is 1. The summed E-state index contributed by atoms with van der Waals surface area (Å²) in [5.41, 5.74) is 8.96. The third kappa shape index (κ3) is 10.2. The van der Waals surface area contributed by atoms with Gasteiger partial charge in [0.15, 0.2) is 0 Å². The fraction of sp³-hybridized carbons (Fsp3) is 0.410. The number of aromatic amines is 1. The Morgan fingerprint density at radius 1 is 0.891 bits per heavy atom. The molecule has 2 atom stereocenters. The van der Waals surface area contributed by atoms with Crippen molar-refractivity contribution in [3.05, 3.63) is 98.2 Å². The number of phenols is 1. The molecule has 16 heteroatoms. The monoisotopic (exact) mass is 879 g/mol. The molecule has 4 heterocycles. The van der Waals surface area contributed by atoms with Crippen LogP contribution in [0.15, 0.2) is 86.9 Å². The number of piperidine rings is 1. The number of amides is 4. The van der Waals surface area contributed by atoms with E-state index in [1.165, 1.54) is 0 Å². The van der Waals surface area contributed by atoms with Crippen molar-refractivity contribution in [2.75, 3.05) is 50.7 Å². The minimum Gasteiger partial charge on any atom is -0.506 e. The molecule has 0 saturated carbocycles. The molecule has 2 aromatic carbocycles. The van der Waals surface area contributed by atoms with Gasteiger partial charge < -0.3 is 41.2 Å². The second kappa shape index (κ2) is 18.8. The first-order valence-electron chi connectivity index (χ1n) is 18.6. The molecule has 0 unspecified atom stereocenters. The van der Waals surface area contributed by atoms with Gasteiger partial charge in [-0.2, -0.15) is 0 Å². The molecule has 292 valence electrons. The van der Waals surface area contributed by atoms with E-state index in [1.54, 1.807) is 38.9 Å². The molecule has 0 bridgehead atoms. The van der Waals surface area contributed by atoms with E-state index in [4.69, 9.17) is 5.73 Å². The number of aromatic nitrogens is 3. The van der Waals surface area contributed by atoms with Crippen molar-refractivity contribution in [2.24, 2.45) is 5.73 Å². The standard InChI is InChI=1S/C39H47Br2N9O5/c40-30-22-26(23-31(41)35(30)51)24-33(45-38(54)49-16-11-29(12-17-49)50-25-34(46-39(50)55)27-6-2-1-3-7-27)36(52)44-32(8-4-5-13-42)37(53)48-20-18-47(19-21-48)28-9-14-43-15-10-28/h1-3,6-7,9-10,14-15,22-23,25,29,32-33,51H,4-5,8,11-13,16-21,24,42H2,(H,44,52)(H,45,54)(H,46,55)/t32-,33+/m1/s1. The number of nitrogens with one attached hydrogen (secondary N) is 3. The van der Waals surface area contributed by atoms with Crippen molar-refractivity contribution in [3.8, 4) is 17.0 Å². The van der Waals surface area contributed by atoms with Gasteiger partial charge >= 0.3 is 11.7 Å². The van der Waals surface area contributed by atoms with Crippen LogP contribution in [0, 0.1) is 0 Å². The summed E-state index contributed by atoms with van der Waals surface area (Å²) in [6.07, 6.45) is 8.28. The largest absolute Gasteiger partial charge is 0.506 e. The first-order valence-corrected chi connectivity index (χ1v) is 20.2. The van der Waals surface area contributed by atoms with Crippen LogP contribution in [0.3, 0.4) is 0 Å². The maximum atomic E-state index is 14.2. The summed E-state index contributed by atoms with van der Waals surface area (Å²) in [6, 6.07) is 14.6. The summed E-state index contributed by atoms with van der Waals surface area (Å²) in [7, 11) is 0. The minimum atomic E-state index is -1.04. The summed E-state index contributed by atoms with van der Waals surface area (Å²) < 4.78 is 2.57. The molecular weight excluding hydrogens is 834 g/mol. The number of hydrogen-bond donors (Lipinski definition) is 5. The molecule has 2 aliphatic rings. The van der Waals surface area contributed by atoms with Crippen LogP contribution in [-0.4, -0.2) is 105 Å². The number of halogens is 2. The van der Waals surface area contributed by atoms with E-state index in [1.807, 2.05) is 48.7 Å². The number of piperazine rings is 1. The number of aromatic hydroxyl groups is 1. The van der Waals surface area contributed by atoms with E-state index in [0.717, 1.165) is 16.9 Å². The van der Waals surface area contributed by atoms with Crippen LogP contribution >= 0.6 is 31.9 Å². The van der Waals surface area contributed by atoms with Crippen LogP contribution in [-0.2, 0) is 16.0 Å². The molecule has 2 saturated heterocycles. The summed E-state index contributed by atoms with van der Waals surface area (Å²) >= 11 is 6.74. The molecule has 0 spiro atoms. The van der Waals surface area contributed by atoms with E-state index >= 15 is 0 Å². The summed E-state index contributed by atoms with van der Waals surface area (Å²) in [4.78, 5) is 67.6. The van der Waals surface area contributed by atoms with E-state index < -0.39 is 24.0 Å². The molecule has 55 heavy (non-hydrogen) atoms. The first kappa shape index (κ1) is 40.0. The molecule has 2 aliphatic heterocycles. The van der Waals surface area contributed by atoms with Gasteiger partial charge in [-0.3, -0.25) is 19.1 Å². The lowest BCUT2D eigenvalue weighted by Crippen LogP contribution is -2.59. The zero-order valence-electron chi connectivity index (χ0n) is 30.5. The SMILES string of the molecule is NCCCC[C@@H](NC(=O)[C@H](Cc1cc(Br)c(O)c(Br)c1)NC(=O)N1CCC(n2cc(-c3ccccc3)[nH]c2=O)CC1)C(=O)N1CCN(c2ccncc2)CC1. The maximum absolute atomic E-state index is 14.2. The van der Waals surface area contributed by atoms with Crippen molar-refractivity contribution in [1.29, 1.82) is 0 Å². The average Bonchev–Trinajstić information content (AvgIpc) is 3.61. The van der Waals surface area contributed by atoms with Gasteiger partial charge in [-0.05, 0) is 106 Å². The topological polar surface area (TPSA) is 182 Å². The molecule has 4 aromatic rings. The number of unbranched alkanes of at least 4 members (excludes halogenated alkanes) is 1. The Kier molecular flexibility index (Phi) is 13.7. The molecule has 0 aliphatic carbocycles. The van der Waals surface area contributed by atoms with Crippen molar-refractivity contribution in [1.82, 2.24) is 35.0 Å². The van der Waals surface area contributed by atoms with Crippen LogP contribution in [0.25, 0.3) is 11.3 Å². The number of nitrogens with zero attached hydrogens (tertiary/aromatic N) is 5. The van der Waals surface area contributed by atoms with E-state index in [-0.39, 0.29) is 29.8 Å². The molecular formula is C39H47Br2N9O5. The van der Waals surface area contributed by atoms with Gasteiger partial charge in [-0.25, -0.2) is 9.59 Å². The second-order valence-electron chi connectivity index (χ2n) is 13.9. The number of likely N-dealkylation sites (tertiary alicyclic amines) is 1. The fourth-order valence-corrected chi connectivity index (χ4v) is 8.48. The average molecular weight is 882 g/mol. The highest BCUT2D eigenvalue weighted by molar-refractivity contribution is 9.11.